The molecule has 214 valence electrons. The summed E-state index contributed by atoms with van der Waals surface area (Å²) in [4.78, 5) is 24.4. The average molecular weight is 537 g/mol. The molecule has 0 bridgehead atoms. The highest BCUT2D eigenvalue weighted by Gasteiger charge is 2.11. The Morgan fingerprint density at radius 1 is 0.821 bits per heavy atom. The Morgan fingerprint density at radius 2 is 1.51 bits per heavy atom. The van der Waals surface area contributed by atoms with Gasteiger partial charge in [-0.25, -0.2) is 4.79 Å². The van der Waals surface area contributed by atoms with Gasteiger partial charge < -0.3 is 19.4 Å². The number of rotatable bonds is 13. The van der Waals surface area contributed by atoms with Gasteiger partial charge in [-0.05, 0) is 68.7 Å². The molecule has 0 radical (unpaired) electrons. The third-order valence-corrected chi connectivity index (χ3v) is 5.82. The summed E-state index contributed by atoms with van der Waals surface area (Å²) < 4.78 is 13.3. The van der Waals surface area contributed by atoms with Gasteiger partial charge in [0.15, 0.2) is 0 Å². The summed E-state index contributed by atoms with van der Waals surface area (Å²) in [6.45, 7) is 13.2. The average Bonchev–Trinajstić information content (AvgIpc) is 3.39. The Hall–Kier alpha value is -3.54. The van der Waals surface area contributed by atoms with Crippen LogP contribution in [-0.2, 0) is 7.05 Å². The minimum atomic E-state index is -0.357. The Kier molecular flexibility index (Phi) is 16.8. The lowest BCUT2D eigenvalue weighted by Crippen LogP contribution is -2.23. The lowest BCUT2D eigenvalue weighted by Gasteiger charge is -2.11. The largest absolute Gasteiger partial charge is 0.494 e. The second-order valence-electron chi connectivity index (χ2n) is 8.98. The first-order chi connectivity index (χ1) is 18.9. The molecule has 0 fully saturated rings. The van der Waals surface area contributed by atoms with Gasteiger partial charge in [0.2, 0.25) is 0 Å². The van der Waals surface area contributed by atoms with Crippen molar-refractivity contribution in [3.8, 4) is 11.5 Å². The van der Waals surface area contributed by atoms with E-state index in [4.69, 9.17) is 9.47 Å². The molecule has 39 heavy (non-hydrogen) atoms. The molecule has 0 saturated carbocycles. The number of hydrogen-bond acceptors (Lipinski definition) is 4. The van der Waals surface area contributed by atoms with E-state index >= 15 is 0 Å². The van der Waals surface area contributed by atoms with Gasteiger partial charge in [0.25, 0.3) is 5.91 Å². The van der Waals surface area contributed by atoms with Crippen molar-refractivity contribution in [2.75, 3.05) is 13.2 Å². The number of ether oxygens (including phenoxy) is 2. The van der Waals surface area contributed by atoms with Gasteiger partial charge in [-0.3, -0.25) is 4.79 Å². The number of hydrogen-bond donors (Lipinski definition) is 1. The summed E-state index contributed by atoms with van der Waals surface area (Å²) in [7, 11) is 1.91. The van der Waals surface area contributed by atoms with E-state index in [1.165, 1.54) is 0 Å². The van der Waals surface area contributed by atoms with Crippen molar-refractivity contribution >= 4 is 11.9 Å². The molecule has 1 N–H and O–H groups in total. The number of amides is 1. The smallest absolute Gasteiger partial charge is 0.343 e. The van der Waals surface area contributed by atoms with Crippen LogP contribution in [0.25, 0.3) is 0 Å². The molecule has 0 saturated heterocycles. The molecule has 2 aromatic carbocycles. The number of esters is 1. The van der Waals surface area contributed by atoms with Crippen molar-refractivity contribution in [1.82, 2.24) is 9.88 Å². The van der Waals surface area contributed by atoms with Gasteiger partial charge in [-0.1, -0.05) is 71.1 Å². The van der Waals surface area contributed by atoms with Crippen molar-refractivity contribution in [3.63, 3.8) is 0 Å². The van der Waals surface area contributed by atoms with Crippen LogP contribution < -0.4 is 14.8 Å². The molecule has 0 aliphatic rings. The molecule has 1 aromatic heterocycles. The molecule has 6 nitrogen and oxygen atoms in total. The van der Waals surface area contributed by atoms with Crippen LogP contribution >= 0.6 is 0 Å². The van der Waals surface area contributed by atoms with Crippen LogP contribution in [-0.4, -0.2) is 29.6 Å². The molecular weight excluding hydrogens is 488 g/mol. The van der Waals surface area contributed by atoms with Crippen LogP contribution in [0.1, 0.15) is 98.1 Å². The van der Waals surface area contributed by atoms with Crippen LogP contribution in [0.3, 0.4) is 0 Å². The Labute approximate surface area is 235 Å². The Bertz CT molecular complexity index is 1120. The third kappa shape index (κ3) is 12.7. The number of aryl methyl sites for hydroxylation is 3. The van der Waals surface area contributed by atoms with Crippen LogP contribution in [0, 0.1) is 13.8 Å². The quantitative estimate of drug-likeness (QED) is 0.136. The maximum Gasteiger partial charge on any atom is 0.343 e. The van der Waals surface area contributed by atoms with Crippen molar-refractivity contribution in [2.24, 2.45) is 7.05 Å². The van der Waals surface area contributed by atoms with Crippen molar-refractivity contribution in [3.05, 3.63) is 83.2 Å². The van der Waals surface area contributed by atoms with Crippen LogP contribution in [0.2, 0.25) is 0 Å². The summed E-state index contributed by atoms with van der Waals surface area (Å²) in [6.07, 6.45) is 10.2. The predicted octanol–water partition coefficient (Wildman–Crippen LogP) is 8.06. The van der Waals surface area contributed by atoms with E-state index in [2.05, 4.69) is 5.32 Å². The van der Waals surface area contributed by atoms with Gasteiger partial charge in [-0.2, -0.15) is 0 Å². The van der Waals surface area contributed by atoms with E-state index in [0.717, 1.165) is 55.4 Å². The first kappa shape index (κ1) is 33.5. The van der Waals surface area contributed by atoms with E-state index in [9.17, 15) is 9.59 Å². The van der Waals surface area contributed by atoms with Crippen LogP contribution in [0.15, 0.2) is 60.9 Å². The molecule has 0 atom stereocenters. The summed E-state index contributed by atoms with van der Waals surface area (Å²) in [6, 6.07) is 14.7. The van der Waals surface area contributed by atoms with Gasteiger partial charge in [0.05, 0.1) is 17.7 Å². The maximum absolute atomic E-state index is 12.4. The lowest BCUT2D eigenvalue weighted by atomic mass is 10.1. The summed E-state index contributed by atoms with van der Waals surface area (Å²) in [5.74, 6) is 0.968. The SMILES string of the molecule is CC.CC.Cc1cccc(C(=O)Oc2ccc(OCCCCCCCCNC(=O)c3ccn(C)c3)cc2C)c1. The zero-order valence-electron chi connectivity index (χ0n) is 25.0. The fraction of sp³-hybridized carbons (Fsp3) is 0.455. The standard InChI is InChI=1S/C29H36N2O4.2C2H6/c1-22-11-10-12-24(19-22)29(33)35-27-14-13-26(20-23(27)2)34-18-9-7-5-4-6-8-16-30-28(32)25-15-17-31(3)21-25;2*1-2/h10-15,17,19-21H,4-9,16,18H2,1-3H3,(H,30,32);2*1-2H3. The highest BCUT2D eigenvalue weighted by molar-refractivity contribution is 5.94. The highest BCUT2D eigenvalue weighted by Crippen LogP contribution is 2.24. The number of carbonyl (C=O) groups is 2. The van der Waals surface area contributed by atoms with Gasteiger partial charge in [0, 0.05) is 26.0 Å². The Morgan fingerprint density at radius 3 is 2.15 bits per heavy atom. The van der Waals surface area contributed by atoms with E-state index in [1.54, 1.807) is 12.1 Å². The van der Waals surface area contributed by atoms with Crippen molar-refractivity contribution in [1.29, 1.82) is 0 Å². The van der Waals surface area contributed by atoms with Crippen molar-refractivity contribution in [2.45, 2.75) is 80.1 Å². The van der Waals surface area contributed by atoms with Gasteiger partial charge in [0.1, 0.15) is 11.5 Å². The maximum atomic E-state index is 12.4. The fourth-order valence-corrected chi connectivity index (χ4v) is 3.82. The molecule has 0 spiro atoms. The molecule has 0 unspecified atom stereocenters. The van der Waals surface area contributed by atoms with E-state index < -0.39 is 0 Å². The predicted molar refractivity (Wildman–Crippen MR) is 161 cm³/mol. The molecule has 0 aliphatic heterocycles. The zero-order chi connectivity index (χ0) is 29.0. The number of aromatic nitrogens is 1. The molecular formula is C33H48N2O4. The topological polar surface area (TPSA) is 69.6 Å². The van der Waals surface area contributed by atoms with Crippen LogP contribution in [0.5, 0.6) is 11.5 Å². The number of nitrogens with one attached hydrogen (secondary N) is 1. The van der Waals surface area contributed by atoms with Gasteiger partial charge in [-0.15, -0.1) is 0 Å². The van der Waals surface area contributed by atoms with E-state index in [-0.39, 0.29) is 11.9 Å². The van der Waals surface area contributed by atoms with Crippen LogP contribution in [0.4, 0.5) is 0 Å². The number of benzene rings is 2. The molecule has 3 aromatic rings. The summed E-state index contributed by atoms with van der Waals surface area (Å²) >= 11 is 0. The normalized spacial score (nSPS) is 9.92. The summed E-state index contributed by atoms with van der Waals surface area (Å²) in [5.41, 5.74) is 3.14. The second kappa shape index (κ2) is 19.5. The van der Waals surface area contributed by atoms with Gasteiger partial charge >= 0.3 is 5.97 Å². The minimum absolute atomic E-state index is 0.00421. The number of unbranched alkanes of at least 4 members (excludes halogenated alkanes) is 5. The highest BCUT2D eigenvalue weighted by atomic mass is 16.5. The zero-order valence-corrected chi connectivity index (χ0v) is 25.0. The molecule has 1 heterocycles. The monoisotopic (exact) mass is 536 g/mol. The second-order valence-corrected chi connectivity index (χ2v) is 8.98. The first-order valence-electron chi connectivity index (χ1n) is 14.3. The molecule has 1 amide bonds. The number of carbonyl (C=O) groups excluding carboxylic acids is 2. The van der Waals surface area contributed by atoms with E-state index in [0.29, 0.717) is 30.0 Å². The lowest BCUT2D eigenvalue weighted by molar-refractivity contribution is 0.0733. The first-order valence-corrected chi connectivity index (χ1v) is 14.3. The molecule has 3 rings (SSSR count). The summed E-state index contributed by atoms with van der Waals surface area (Å²) in [5, 5.41) is 2.97. The Balaban J connectivity index is 0.00000181. The van der Waals surface area contributed by atoms with Crippen molar-refractivity contribution < 1.29 is 19.1 Å². The third-order valence-electron chi connectivity index (χ3n) is 5.82. The number of nitrogens with zero attached hydrogens (tertiary/aromatic N) is 1. The molecule has 0 aliphatic carbocycles. The fourth-order valence-electron chi connectivity index (χ4n) is 3.82. The molecule has 6 heteroatoms. The minimum Gasteiger partial charge on any atom is -0.494 e. The van der Waals surface area contributed by atoms with E-state index in [1.807, 2.05) is 102 Å².